The van der Waals surface area contributed by atoms with Gasteiger partial charge in [0.2, 0.25) is 0 Å². The second kappa shape index (κ2) is 7.25. The van der Waals surface area contributed by atoms with Gasteiger partial charge in [-0.3, -0.25) is 4.98 Å². The first kappa shape index (κ1) is 6.65. The van der Waals surface area contributed by atoms with Gasteiger partial charge >= 0.3 is 0 Å². The lowest BCUT2D eigenvalue weighted by atomic mass is 9.78. The highest BCUT2D eigenvalue weighted by molar-refractivity contribution is 7.26. The number of benzene rings is 2. The molecule has 0 radical (unpaired) electrons. The number of rotatable bonds is 4. The maximum Gasteiger partial charge on any atom is 0.0719 e. The van der Waals surface area contributed by atoms with Crippen LogP contribution in [-0.2, 0) is 10.8 Å². The van der Waals surface area contributed by atoms with Gasteiger partial charge in [0.15, 0.2) is 0 Å². The molecule has 0 aliphatic heterocycles. The Hall–Kier alpha value is -2.19. The first-order chi connectivity index (χ1) is 22.6. The van der Waals surface area contributed by atoms with E-state index in [9.17, 15) is 0 Å². The summed E-state index contributed by atoms with van der Waals surface area (Å²) in [6.45, 7) is -22.2. The SMILES string of the molecule is [2H]C([2H])([2H])C([2H])([2H])C(c1ccnc(-c2cccc3c2sc2cc(C(C([2H])([2H])[2H])(C([2H])([2H])[2H])C([2H])([2H])[2H])ccc23)c1)(C([2H])([2H])[2H])C([2H])([2H])C([2H])([2H])[2H]. The Labute approximate surface area is 209 Å². The van der Waals surface area contributed by atoms with E-state index in [-0.39, 0.29) is 16.0 Å². The zero-order valence-corrected chi connectivity index (χ0v) is 15.9. The highest BCUT2D eigenvalue weighted by Crippen LogP contribution is 2.41. The molecule has 0 fully saturated rings. The average Bonchev–Trinajstić information content (AvgIpc) is 3.27. The van der Waals surface area contributed by atoms with E-state index >= 15 is 0 Å². The zero-order chi connectivity index (χ0) is 39.4. The van der Waals surface area contributed by atoms with Crippen LogP contribution in [0.15, 0.2) is 54.7 Å². The van der Waals surface area contributed by atoms with Crippen molar-refractivity contribution in [1.29, 1.82) is 0 Å². The molecular formula is C27H31NS. The molecule has 2 heterocycles. The molecule has 0 amide bonds. The number of fused-ring (bicyclic) bond motifs is 3. The first-order valence-corrected chi connectivity index (χ1v) is 9.39. The van der Waals surface area contributed by atoms with Crippen molar-refractivity contribution < 1.29 is 30.2 Å². The van der Waals surface area contributed by atoms with Crippen LogP contribution in [0.2, 0.25) is 0 Å². The normalized spacial score (nSPS) is 27.6. The van der Waals surface area contributed by atoms with Crippen molar-refractivity contribution in [2.75, 3.05) is 0 Å². The summed E-state index contributed by atoms with van der Waals surface area (Å²) in [5.74, 6) is 0. The number of hydrogen-bond donors (Lipinski definition) is 0. The van der Waals surface area contributed by atoms with Gasteiger partial charge in [-0.1, -0.05) is 71.4 Å². The fraction of sp³-hybridized carbons (Fsp3) is 0.370. The molecule has 150 valence electrons. The fourth-order valence-electron chi connectivity index (χ4n) is 3.22. The molecule has 1 nitrogen and oxygen atoms in total. The summed E-state index contributed by atoms with van der Waals surface area (Å²) >= 11 is 0.954. The summed E-state index contributed by atoms with van der Waals surface area (Å²) in [4.78, 5) is 4.24. The Bertz CT molecular complexity index is 1870. The molecule has 0 unspecified atom stereocenters. The van der Waals surface area contributed by atoms with Crippen molar-refractivity contribution in [2.24, 2.45) is 0 Å². The lowest BCUT2D eigenvalue weighted by Crippen LogP contribution is -2.19. The number of nitrogens with zero attached hydrogens (tertiary/aromatic N) is 1. The highest BCUT2D eigenvalue weighted by atomic mass is 32.1. The third-order valence-electron chi connectivity index (χ3n) is 4.78. The molecule has 4 rings (SSSR count). The molecule has 0 N–H and O–H groups in total. The van der Waals surface area contributed by atoms with Gasteiger partial charge in [-0.05, 0) is 52.9 Å². The van der Waals surface area contributed by atoms with E-state index < -0.39 is 75.8 Å². The smallest absolute Gasteiger partial charge is 0.0719 e. The van der Waals surface area contributed by atoms with Crippen LogP contribution >= 0.6 is 11.3 Å². The molecule has 0 aliphatic rings. The summed E-state index contributed by atoms with van der Waals surface area (Å²) in [5, 5.41) is 0.896. The third kappa shape index (κ3) is 3.48. The van der Waals surface area contributed by atoms with Crippen LogP contribution in [0.3, 0.4) is 0 Å². The zero-order valence-electron chi connectivity index (χ0n) is 37.1. The number of hydrogen-bond acceptors (Lipinski definition) is 2. The quantitative estimate of drug-likeness (QED) is 0.320. The second-order valence-electron chi connectivity index (χ2n) is 6.68. The minimum absolute atomic E-state index is 0.150. The summed E-state index contributed by atoms with van der Waals surface area (Å²) in [6.07, 6.45) is -7.07. The van der Waals surface area contributed by atoms with Crippen molar-refractivity contribution in [1.82, 2.24) is 4.98 Å². The van der Waals surface area contributed by atoms with Crippen LogP contribution in [0.25, 0.3) is 31.4 Å². The number of thiophene rings is 1. The topological polar surface area (TPSA) is 12.9 Å². The molecule has 0 aliphatic carbocycles. The van der Waals surface area contributed by atoms with Gasteiger partial charge in [0.05, 0.1) is 5.69 Å². The Morgan fingerprint density at radius 1 is 0.931 bits per heavy atom. The predicted octanol–water partition coefficient (Wildman–Crippen LogP) is 8.49. The molecule has 2 aromatic heterocycles. The van der Waals surface area contributed by atoms with Gasteiger partial charge in [-0.25, -0.2) is 0 Å². The molecule has 4 aromatic rings. The fourth-order valence-corrected chi connectivity index (χ4v) is 4.48. The summed E-state index contributed by atoms with van der Waals surface area (Å²) in [6, 6.07) is 10.0. The van der Waals surface area contributed by atoms with E-state index in [0.29, 0.717) is 15.5 Å². The summed E-state index contributed by atoms with van der Waals surface area (Å²) in [7, 11) is 0. The van der Waals surface area contributed by atoms with E-state index in [4.69, 9.17) is 30.2 Å². The molecule has 29 heavy (non-hydrogen) atoms. The molecule has 0 saturated heterocycles. The maximum absolute atomic E-state index is 8.61. The molecular weight excluding hydrogens is 370 g/mol. The molecule has 0 bridgehead atoms. The van der Waals surface area contributed by atoms with Crippen LogP contribution in [0, 0.1) is 0 Å². The highest BCUT2D eigenvalue weighted by Gasteiger charge is 2.23. The number of pyridine rings is 1. The van der Waals surface area contributed by atoms with Gasteiger partial charge in [0.25, 0.3) is 0 Å². The summed E-state index contributed by atoms with van der Waals surface area (Å²) < 4.78 is 180. The van der Waals surface area contributed by atoms with Crippen LogP contribution in [-0.4, -0.2) is 4.98 Å². The van der Waals surface area contributed by atoms with E-state index in [1.54, 1.807) is 6.07 Å². The predicted molar refractivity (Wildman–Crippen MR) is 129 cm³/mol. The second-order valence-corrected chi connectivity index (χ2v) is 7.73. The Kier molecular flexibility index (Phi) is 1.66. The average molecular weight is 424 g/mol. The van der Waals surface area contributed by atoms with Crippen LogP contribution in [0.5, 0.6) is 0 Å². The van der Waals surface area contributed by atoms with Gasteiger partial charge in [0.1, 0.15) is 0 Å². The van der Waals surface area contributed by atoms with E-state index in [1.165, 1.54) is 18.2 Å². The van der Waals surface area contributed by atoms with Crippen molar-refractivity contribution >= 4 is 31.5 Å². The molecule has 0 saturated carbocycles. The van der Waals surface area contributed by atoms with E-state index in [1.807, 2.05) is 0 Å². The lowest BCUT2D eigenvalue weighted by molar-refractivity contribution is 0.438. The van der Waals surface area contributed by atoms with Crippen molar-refractivity contribution in [2.45, 2.75) is 64.7 Å². The van der Waals surface area contributed by atoms with Gasteiger partial charge in [0, 0.05) is 62.1 Å². The molecule has 2 heteroatoms. The first-order valence-electron chi connectivity index (χ1n) is 19.6. The van der Waals surface area contributed by atoms with Crippen LogP contribution in [0.1, 0.15) is 95.1 Å². The van der Waals surface area contributed by atoms with E-state index in [0.717, 1.165) is 41.8 Å². The summed E-state index contributed by atoms with van der Waals surface area (Å²) in [5.41, 5.74) is -8.39. The minimum atomic E-state index is -4.01. The largest absolute Gasteiger partial charge is 0.256 e. The third-order valence-corrected chi connectivity index (χ3v) is 5.98. The standard InChI is InChI=1S/C27H31NS/c1-7-27(6,8-2)19-14-15-28-23(16-19)22-11-9-10-21-20-13-12-18(26(3,4)5)17-24(20)29-25(21)22/h9-17H,7-8H2,1-6H3/i1D3,2D3,3D3,4D3,5D3,6D3,7D2,8D2. The molecule has 0 spiro atoms. The van der Waals surface area contributed by atoms with Crippen molar-refractivity contribution in [3.05, 3.63) is 65.9 Å². The molecule has 2 aromatic carbocycles. The lowest BCUT2D eigenvalue weighted by Gasteiger charge is -2.27. The van der Waals surface area contributed by atoms with E-state index in [2.05, 4.69) is 4.98 Å². The van der Waals surface area contributed by atoms with Gasteiger partial charge < -0.3 is 0 Å². The molecule has 0 atom stereocenters. The van der Waals surface area contributed by atoms with Gasteiger partial charge in [-0.2, -0.15) is 0 Å². The maximum atomic E-state index is 8.61. The van der Waals surface area contributed by atoms with Crippen LogP contribution in [0.4, 0.5) is 0 Å². The number of aromatic nitrogens is 1. The minimum Gasteiger partial charge on any atom is -0.256 e. The Morgan fingerprint density at radius 2 is 1.79 bits per heavy atom. The Balaban J connectivity index is 2.11. The monoisotopic (exact) mass is 423 g/mol. The van der Waals surface area contributed by atoms with Gasteiger partial charge in [-0.15, -0.1) is 11.3 Å². The van der Waals surface area contributed by atoms with Crippen LogP contribution < -0.4 is 0 Å². The Morgan fingerprint density at radius 3 is 2.55 bits per heavy atom. The van der Waals surface area contributed by atoms with Crippen molar-refractivity contribution in [3.63, 3.8) is 0 Å². The van der Waals surface area contributed by atoms with Crippen molar-refractivity contribution in [3.8, 4) is 11.3 Å².